The fourth-order valence-corrected chi connectivity index (χ4v) is 3.71. The largest absolute Gasteiger partial charge is 0.490 e. The van der Waals surface area contributed by atoms with Crippen LogP contribution in [0.25, 0.3) is 0 Å². The molecule has 0 radical (unpaired) electrons. The van der Waals surface area contributed by atoms with Crippen LogP contribution in [0, 0.1) is 11.6 Å². The van der Waals surface area contributed by atoms with Gasteiger partial charge in [0, 0.05) is 6.07 Å². The summed E-state index contributed by atoms with van der Waals surface area (Å²) in [7, 11) is -4.32. The van der Waals surface area contributed by atoms with Gasteiger partial charge in [-0.2, -0.15) is 0 Å². The van der Waals surface area contributed by atoms with Crippen molar-refractivity contribution < 1.29 is 36.6 Å². The Bertz CT molecular complexity index is 1180. The summed E-state index contributed by atoms with van der Waals surface area (Å²) in [6.07, 6.45) is 0. The van der Waals surface area contributed by atoms with E-state index < -0.39 is 32.5 Å². The summed E-state index contributed by atoms with van der Waals surface area (Å²) in [6, 6.07) is 14.1. The number of aromatic carboxylic acids is 1. The minimum Gasteiger partial charge on any atom is -0.490 e. The summed E-state index contributed by atoms with van der Waals surface area (Å²) in [6.45, 7) is 0.143. The lowest BCUT2D eigenvalue weighted by molar-refractivity contribution is 0.0696. The van der Waals surface area contributed by atoms with Crippen LogP contribution in [0.3, 0.4) is 0 Å². The molecule has 0 aliphatic rings. The summed E-state index contributed by atoms with van der Waals surface area (Å²) >= 11 is 0. The van der Waals surface area contributed by atoms with Crippen molar-refractivity contribution in [1.82, 2.24) is 0 Å². The maximum atomic E-state index is 13.9. The van der Waals surface area contributed by atoms with Crippen LogP contribution in [0.15, 0.2) is 71.6 Å². The third kappa shape index (κ3) is 5.70. The number of para-hydroxylation sites is 2. The number of anilines is 1. The molecular weight excluding hydrogens is 432 g/mol. The molecule has 0 aliphatic carbocycles. The van der Waals surface area contributed by atoms with Gasteiger partial charge in [-0.3, -0.25) is 4.72 Å². The number of carboxylic acid groups (broad SMARTS) is 1. The van der Waals surface area contributed by atoms with Crippen LogP contribution in [-0.2, 0) is 10.0 Å². The lowest BCUT2D eigenvalue weighted by Crippen LogP contribution is -2.16. The summed E-state index contributed by atoms with van der Waals surface area (Å²) in [4.78, 5) is 10.1. The van der Waals surface area contributed by atoms with Gasteiger partial charge in [0.05, 0.1) is 11.3 Å². The first-order valence-corrected chi connectivity index (χ1v) is 10.4. The number of ether oxygens (including phenoxy) is 2. The molecule has 0 heterocycles. The molecule has 0 saturated carbocycles. The van der Waals surface area contributed by atoms with Crippen molar-refractivity contribution >= 4 is 21.7 Å². The zero-order chi connectivity index (χ0) is 22.4. The van der Waals surface area contributed by atoms with Crippen LogP contribution < -0.4 is 14.2 Å². The van der Waals surface area contributed by atoms with E-state index in [4.69, 9.17) is 14.6 Å². The molecular formula is C21H17F2NO6S. The highest BCUT2D eigenvalue weighted by molar-refractivity contribution is 7.92. The van der Waals surface area contributed by atoms with Crippen molar-refractivity contribution in [2.45, 2.75) is 4.90 Å². The quantitative estimate of drug-likeness (QED) is 0.480. The van der Waals surface area contributed by atoms with Gasteiger partial charge in [-0.15, -0.1) is 0 Å². The van der Waals surface area contributed by atoms with Crippen LogP contribution >= 0.6 is 0 Å². The van der Waals surface area contributed by atoms with E-state index in [2.05, 4.69) is 4.72 Å². The van der Waals surface area contributed by atoms with Gasteiger partial charge >= 0.3 is 5.97 Å². The number of hydrogen-bond donors (Lipinski definition) is 2. The van der Waals surface area contributed by atoms with Crippen LogP contribution in [-0.4, -0.2) is 32.7 Å². The maximum absolute atomic E-state index is 13.9. The van der Waals surface area contributed by atoms with E-state index in [-0.39, 0.29) is 30.2 Å². The van der Waals surface area contributed by atoms with Crippen molar-refractivity contribution in [2.75, 3.05) is 17.9 Å². The molecule has 3 rings (SSSR count). The van der Waals surface area contributed by atoms with Gasteiger partial charge in [0.2, 0.25) is 0 Å². The Morgan fingerprint density at radius 1 is 0.935 bits per heavy atom. The van der Waals surface area contributed by atoms with Crippen LogP contribution in [0.1, 0.15) is 10.4 Å². The second-order valence-electron chi connectivity index (χ2n) is 6.20. The highest BCUT2D eigenvalue weighted by Gasteiger charge is 2.21. The Morgan fingerprint density at radius 2 is 1.61 bits per heavy atom. The van der Waals surface area contributed by atoms with Crippen molar-refractivity contribution in [2.24, 2.45) is 0 Å². The molecule has 3 aromatic rings. The third-order valence-corrected chi connectivity index (χ3v) is 5.42. The Balaban J connectivity index is 1.63. The number of sulfonamides is 1. The van der Waals surface area contributed by atoms with Gasteiger partial charge in [0.15, 0.2) is 0 Å². The number of halogens is 2. The molecule has 0 aliphatic heterocycles. The second kappa shape index (κ2) is 9.43. The molecule has 31 heavy (non-hydrogen) atoms. The Morgan fingerprint density at radius 3 is 2.29 bits per heavy atom. The number of hydrogen-bond acceptors (Lipinski definition) is 5. The predicted octanol–water partition coefficient (Wildman–Crippen LogP) is 3.92. The van der Waals surface area contributed by atoms with Crippen molar-refractivity contribution in [3.63, 3.8) is 0 Å². The van der Waals surface area contributed by atoms with Crippen LogP contribution in [0.4, 0.5) is 14.5 Å². The summed E-state index contributed by atoms with van der Waals surface area (Å²) < 4.78 is 65.2. The van der Waals surface area contributed by atoms with Gasteiger partial charge in [-0.05, 0) is 48.5 Å². The van der Waals surface area contributed by atoms with E-state index in [1.54, 1.807) is 12.1 Å². The summed E-state index contributed by atoms with van der Waals surface area (Å²) in [5, 5.41) is 8.88. The lowest BCUT2D eigenvalue weighted by Gasteiger charge is -2.14. The number of carbonyl (C=O) groups is 1. The number of carboxylic acids is 1. The Hall–Kier alpha value is -3.66. The SMILES string of the molecule is O=C(O)c1ccc(OCCOc2ccccc2NS(=O)(=O)c2ccc(F)cc2F)cc1. The zero-order valence-corrected chi connectivity index (χ0v) is 16.7. The minimum absolute atomic E-state index is 0.0460. The standard InChI is InChI=1S/C21H17F2NO6S/c22-15-7-10-20(17(23)13-15)31(27,28)24-18-3-1-2-4-19(18)30-12-11-29-16-8-5-14(6-9-16)21(25)26/h1-10,13,24H,11-12H2,(H,25,26). The molecule has 7 nitrogen and oxygen atoms in total. The average molecular weight is 449 g/mol. The van der Waals surface area contributed by atoms with E-state index in [1.165, 1.54) is 36.4 Å². The van der Waals surface area contributed by atoms with E-state index in [9.17, 15) is 22.0 Å². The third-order valence-electron chi connectivity index (χ3n) is 4.03. The van der Waals surface area contributed by atoms with E-state index in [1.807, 2.05) is 0 Å². The average Bonchev–Trinajstić information content (AvgIpc) is 2.72. The van der Waals surface area contributed by atoms with Crippen LogP contribution in [0.2, 0.25) is 0 Å². The first-order valence-electron chi connectivity index (χ1n) is 8.92. The monoisotopic (exact) mass is 449 g/mol. The zero-order valence-electron chi connectivity index (χ0n) is 15.9. The van der Waals surface area contributed by atoms with Gasteiger partial charge < -0.3 is 14.6 Å². The number of benzene rings is 3. The Labute approximate surface area is 176 Å². The minimum atomic E-state index is -4.32. The van der Waals surface area contributed by atoms with Crippen LogP contribution in [0.5, 0.6) is 11.5 Å². The molecule has 0 atom stereocenters. The smallest absolute Gasteiger partial charge is 0.335 e. The lowest BCUT2D eigenvalue weighted by atomic mass is 10.2. The first-order chi connectivity index (χ1) is 14.8. The van der Waals surface area contributed by atoms with Crippen molar-refractivity contribution in [3.05, 3.63) is 83.9 Å². The molecule has 0 unspecified atom stereocenters. The molecule has 0 spiro atoms. The predicted molar refractivity (Wildman–Crippen MR) is 108 cm³/mol. The molecule has 2 N–H and O–H groups in total. The summed E-state index contributed by atoms with van der Waals surface area (Å²) in [5.74, 6) is -2.53. The Kier molecular flexibility index (Phi) is 6.71. The fourth-order valence-electron chi connectivity index (χ4n) is 2.57. The molecule has 0 saturated heterocycles. The van der Waals surface area contributed by atoms with Gasteiger partial charge in [0.25, 0.3) is 10.0 Å². The molecule has 10 heteroatoms. The van der Waals surface area contributed by atoms with Gasteiger partial charge in [0.1, 0.15) is 41.2 Å². The molecule has 0 bridgehead atoms. The van der Waals surface area contributed by atoms with Crippen molar-refractivity contribution in [1.29, 1.82) is 0 Å². The summed E-state index contributed by atoms with van der Waals surface area (Å²) in [5.41, 5.74) is 0.194. The molecule has 3 aromatic carbocycles. The highest BCUT2D eigenvalue weighted by atomic mass is 32.2. The molecule has 0 aromatic heterocycles. The van der Waals surface area contributed by atoms with E-state index in [0.29, 0.717) is 11.8 Å². The number of rotatable bonds is 9. The van der Waals surface area contributed by atoms with Crippen molar-refractivity contribution in [3.8, 4) is 11.5 Å². The van der Waals surface area contributed by atoms with E-state index in [0.717, 1.165) is 12.1 Å². The molecule has 0 fully saturated rings. The normalized spacial score (nSPS) is 11.0. The number of nitrogens with one attached hydrogen (secondary N) is 1. The second-order valence-corrected chi connectivity index (χ2v) is 7.85. The molecule has 162 valence electrons. The van der Waals surface area contributed by atoms with Gasteiger partial charge in [-0.1, -0.05) is 12.1 Å². The highest BCUT2D eigenvalue weighted by Crippen LogP contribution is 2.27. The maximum Gasteiger partial charge on any atom is 0.335 e. The van der Waals surface area contributed by atoms with Gasteiger partial charge in [-0.25, -0.2) is 22.0 Å². The fraction of sp³-hybridized carbons (Fsp3) is 0.0952. The van der Waals surface area contributed by atoms with E-state index >= 15 is 0 Å². The molecule has 0 amide bonds. The first kappa shape index (κ1) is 22.0. The topological polar surface area (TPSA) is 102 Å².